The molecule has 120 valence electrons. The number of amides is 1. The molecule has 0 unspecified atom stereocenters. The van der Waals surface area contributed by atoms with E-state index in [4.69, 9.17) is 0 Å². The highest BCUT2D eigenvalue weighted by Crippen LogP contribution is 2.21. The predicted octanol–water partition coefficient (Wildman–Crippen LogP) is 3.57. The highest BCUT2D eigenvalue weighted by Gasteiger charge is 2.17. The molecule has 0 saturated carbocycles. The van der Waals surface area contributed by atoms with Crippen LogP contribution in [-0.4, -0.2) is 25.7 Å². The van der Waals surface area contributed by atoms with E-state index in [9.17, 15) is 4.79 Å². The molecule has 0 aliphatic carbocycles. The summed E-state index contributed by atoms with van der Waals surface area (Å²) >= 11 is 0. The van der Waals surface area contributed by atoms with Gasteiger partial charge in [-0.3, -0.25) is 15.2 Å². The summed E-state index contributed by atoms with van der Waals surface area (Å²) in [5.41, 5.74) is 3.10. The number of rotatable bonds is 4. The molecule has 6 heteroatoms. The van der Waals surface area contributed by atoms with Gasteiger partial charge >= 0.3 is 0 Å². The van der Waals surface area contributed by atoms with Crippen molar-refractivity contribution in [3.63, 3.8) is 0 Å². The number of aromatic nitrogens is 4. The molecule has 0 bridgehead atoms. The van der Waals surface area contributed by atoms with E-state index < -0.39 is 0 Å². The highest BCUT2D eigenvalue weighted by atomic mass is 16.2. The van der Waals surface area contributed by atoms with Gasteiger partial charge in [-0.25, -0.2) is 4.98 Å². The quantitative estimate of drug-likeness (QED) is 0.604. The zero-order valence-corrected chi connectivity index (χ0v) is 13.3. The fourth-order valence-corrected chi connectivity index (χ4v) is 2.92. The van der Waals surface area contributed by atoms with E-state index in [2.05, 4.69) is 27.4 Å². The number of nitrogens with one attached hydrogen (secondary N) is 2. The van der Waals surface area contributed by atoms with E-state index in [1.54, 1.807) is 0 Å². The van der Waals surface area contributed by atoms with Crippen LogP contribution < -0.4 is 5.32 Å². The molecule has 4 rings (SSSR count). The Kier molecular flexibility index (Phi) is 3.49. The van der Waals surface area contributed by atoms with Crippen molar-refractivity contribution in [1.82, 2.24) is 19.7 Å². The Bertz CT molecular complexity index is 1030. The van der Waals surface area contributed by atoms with Crippen molar-refractivity contribution in [3.8, 4) is 0 Å². The van der Waals surface area contributed by atoms with Crippen molar-refractivity contribution >= 4 is 33.8 Å². The number of benzene rings is 2. The van der Waals surface area contributed by atoms with Gasteiger partial charge in [-0.1, -0.05) is 37.3 Å². The standard InChI is InChI=1S/C18H17N5O/c1-2-11-23-15-10-6-5-9-14(15)19-18(23)20-17(24)16-12-7-3-4-8-13(12)21-22-16/h3-10H,2,11H2,1H3,(H,21,22)(H,19,20,24). The summed E-state index contributed by atoms with van der Waals surface area (Å²) in [7, 11) is 0. The Morgan fingerprint density at radius 3 is 2.83 bits per heavy atom. The lowest BCUT2D eigenvalue weighted by molar-refractivity contribution is 0.102. The van der Waals surface area contributed by atoms with Gasteiger partial charge in [-0.15, -0.1) is 0 Å². The van der Waals surface area contributed by atoms with Crippen molar-refractivity contribution in [2.75, 3.05) is 5.32 Å². The molecule has 2 N–H and O–H groups in total. The number of para-hydroxylation sites is 3. The third-order valence-electron chi connectivity index (χ3n) is 4.01. The van der Waals surface area contributed by atoms with Crippen LogP contribution in [0, 0.1) is 0 Å². The van der Waals surface area contributed by atoms with Crippen molar-refractivity contribution in [2.45, 2.75) is 19.9 Å². The Labute approximate surface area is 138 Å². The van der Waals surface area contributed by atoms with Gasteiger partial charge in [0.25, 0.3) is 5.91 Å². The number of aromatic amines is 1. The topological polar surface area (TPSA) is 75.6 Å². The normalized spacial score (nSPS) is 11.2. The third-order valence-corrected chi connectivity index (χ3v) is 4.01. The van der Waals surface area contributed by atoms with E-state index in [0.29, 0.717) is 11.6 Å². The molecule has 0 saturated heterocycles. The Hall–Kier alpha value is -3.15. The lowest BCUT2D eigenvalue weighted by atomic mass is 10.2. The summed E-state index contributed by atoms with van der Waals surface area (Å²) in [6.07, 6.45) is 0.953. The fraction of sp³-hybridized carbons (Fsp3) is 0.167. The number of carbonyl (C=O) groups excluding carboxylic acids is 1. The van der Waals surface area contributed by atoms with Crippen LogP contribution in [0.2, 0.25) is 0 Å². The average molecular weight is 319 g/mol. The maximum atomic E-state index is 12.7. The lowest BCUT2D eigenvalue weighted by Gasteiger charge is -2.08. The smallest absolute Gasteiger partial charge is 0.279 e. The maximum Gasteiger partial charge on any atom is 0.279 e. The minimum absolute atomic E-state index is 0.264. The van der Waals surface area contributed by atoms with E-state index in [1.165, 1.54) is 0 Å². The Balaban J connectivity index is 1.73. The zero-order chi connectivity index (χ0) is 16.5. The maximum absolute atomic E-state index is 12.7. The van der Waals surface area contributed by atoms with Crippen molar-refractivity contribution in [2.24, 2.45) is 0 Å². The molecule has 1 amide bonds. The number of hydrogen-bond acceptors (Lipinski definition) is 3. The molecule has 0 radical (unpaired) electrons. The lowest BCUT2D eigenvalue weighted by Crippen LogP contribution is -2.16. The second-order valence-electron chi connectivity index (χ2n) is 5.65. The number of anilines is 1. The zero-order valence-electron chi connectivity index (χ0n) is 13.3. The average Bonchev–Trinajstić information content (AvgIpc) is 3.17. The molecule has 4 aromatic rings. The third kappa shape index (κ3) is 2.32. The first-order chi connectivity index (χ1) is 11.8. The molecule has 0 fully saturated rings. The van der Waals surface area contributed by atoms with Crippen LogP contribution in [0.25, 0.3) is 21.9 Å². The molecular formula is C18H17N5O. The summed E-state index contributed by atoms with van der Waals surface area (Å²) in [6.45, 7) is 2.89. The predicted molar refractivity (Wildman–Crippen MR) is 94.1 cm³/mol. The largest absolute Gasteiger partial charge is 0.310 e. The number of aryl methyl sites for hydroxylation is 1. The highest BCUT2D eigenvalue weighted by molar-refractivity contribution is 6.10. The van der Waals surface area contributed by atoms with Gasteiger partial charge in [0.1, 0.15) is 0 Å². The molecule has 6 nitrogen and oxygen atoms in total. The Morgan fingerprint density at radius 1 is 1.17 bits per heavy atom. The monoisotopic (exact) mass is 319 g/mol. The molecule has 2 heterocycles. The molecule has 24 heavy (non-hydrogen) atoms. The molecule has 0 aliphatic heterocycles. The number of imidazole rings is 1. The van der Waals surface area contributed by atoms with Gasteiger partial charge in [0.2, 0.25) is 5.95 Å². The molecular weight excluding hydrogens is 302 g/mol. The molecule has 0 aliphatic rings. The van der Waals surface area contributed by atoms with Gasteiger partial charge < -0.3 is 4.57 Å². The van der Waals surface area contributed by atoms with Crippen LogP contribution in [0.15, 0.2) is 48.5 Å². The molecule has 2 aromatic carbocycles. The van der Waals surface area contributed by atoms with Crippen LogP contribution in [0.3, 0.4) is 0 Å². The van der Waals surface area contributed by atoms with Gasteiger partial charge in [0.15, 0.2) is 5.69 Å². The molecule has 0 atom stereocenters. The van der Waals surface area contributed by atoms with Gasteiger partial charge in [0, 0.05) is 11.9 Å². The van der Waals surface area contributed by atoms with Gasteiger partial charge in [-0.05, 0) is 24.6 Å². The van der Waals surface area contributed by atoms with Crippen molar-refractivity contribution in [1.29, 1.82) is 0 Å². The minimum atomic E-state index is -0.264. The minimum Gasteiger partial charge on any atom is -0.310 e. The Morgan fingerprint density at radius 2 is 1.96 bits per heavy atom. The van der Waals surface area contributed by atoms with Crippen LogP contribution in [-0.2, 0) is 6.54 Å². The fourth-order valence-electron chi connectivity index (χ4n) is 2.92. The number of hydrogen-bond donors (Lipinski definition) is 2. The number of H-pyrrole nitrogens is 1. The van der Waals surface area contributed by atoms with Crippen LogP contribution in [0.5, 0.6) is 0 Å². The van der Waals surface area contributed by atoms with E-state index in [-0.39, 0.29) is 5.91 Å². The SMILES string of the molecule is CCCn1c(NC(=O)c2n[nH]c3ccccc23)nc2ccccc21. The molecule has 0 spiro atoms. The summed E-state index contributed by atoms with van der Waals surface area (Å²) < 4.78 is 2.03. The number of nitrogens with zero attached hydrogens (tertiary/aromatic N) is 3. The first-order valence-corrected chi connectivity index (χ1v) is 7.97. The van der Waals surface area contributed by atoms with E-state index in [1.807, 2.05) is 53.1 Å². The van der Waals surface area contributed by atoms with Gasteiger partial charge in [-0.2, -0.15) is 5.10 Å². The summed E-state index contributed by atoms with van der Waals surface area (Å²) in [6, 6.07) is 15.4. The van der Waals surface area contributed by atoms with Crippen LogP contribution >= 0.6 is 0 Å². The van der Waals surface area contributed by atoms with E-state index >= 15 is 0 Å². The summed E-state index contributed by atoms with van der Waals surface area (Å²) in [4.78, 5) is 17.2. The first kappa shape index (κ1) is 14.4. The summed E-state index contributed by atoms with van der Waals surface area (Å²) in [5, 5.41) is 10.7. The number of fused-ring (bicyclic) bond motifs is 2. The van der Waals surface area contributed by atoms with Crippen LogP contribution in [0.1, 0.15) is 23.8 Å². The number of carbonyl (C=O) groups is 1. The molecule has 2 aromatic heterocycles. The summed E-state index contributed by atoms with van der Waals surface area (Å²) in [5.74, 6) is 0.287. The van der Waals surface area contributed by atoms with Crippen molar-refractivity contribution < 1.29 is 4.79 Å². The second-order valence-corrected chi connectivity index (χ2v) is 5.65. The first-order valence-electron chi connectivity index (χ1n) is 7.97. The van der Waals surface area contributed by atoms with Crippen molar-refractivity contribution in [3.05, 3.63) is 54.2 Å². The van der Waals surface area contributed by atoms with Crippen LogP contribution in [0.4, 0.5) is 5.95 Å². The van der Waals surface area contributed by atoms with Gasteiger partial charge in [0.05, 0.1) is 16.6 Å². The second kappa shape index (κ2) is 5.81. The van der Waals surface area contributed by atoms with E-state index in [0.717, 1.165) is 34.9 Å².